The second-order valence-corrected chi connectivity index (χ2v) is 5.86. The molecule has 1 unspecified atom stereocenters. The smallest absolute Gasteiger partial charge is 0.280 e. The van der Waals surface area contributed by atoms with Gasteiger partial charge in [-0.1, -0.05) is 42.5 Å². The lowest BCUT2D eigenvalue weighted by molar-refractivity contribution is -0.511. The van der Waals surface area contributed by atoms with Crippen molar-refractivity contribution in [3.8, 4) is 5.69 Å². The Morgan fingerprint density at radius 1 is 1.00 bits per heavy atom. The number of carbonyl (C=O) groups excluding carboxylic acids is 2. The summed E-state index contributed by atoms with van der Waals surface area (Å²) in [5.74, 6) is -1.34. The molecule has 0 saturated heterocycles. The fourth-order valence-corrected chi connectivity index (χ4v) is 3.13. The van der Waals surface area contributed by atoms with Crippen LogP contribution in [0.5, 0.6) is 0 Å². The monoisotopic (exact) mass is 332 g/mol. The van der Waals surface area contributed by atoms with Crippen LogP contribution in [-0.2, 0) is 0 Å². The molecule has 1 aromatic heterocycles. The molecule has 6 heteroatoms. The van der Waals surface area contributed by atoms with Crippen LogP contribution >= 0.6 is 0 Å². The summed E-state index contributed by atoms with van der Waals surface area (Å²) in [7, 11) is 0. The lowest BCUT2D eigenvalue weighted by atomic mass is 10.0. The van der Waals surface area contributed by atoms with Crippen LogP contribution in [-0.4, -0.2) is 25.9 Å². The Hall–Kier alpha value is -3.41. The van der Waals surface area contributed by atoms with Crippen molar-refractivity contribution < 1.29 is 14.3 Å². The van der Waals surface area contributed by atoms with Crippen LogP contribution in [0.25, 0.3) is 5.69 Å². The first-order valence-electron chi connectivity index (χ1n) is 7.86. The molecule has 1 atom stereocenters. The Labute approximate surface area is 143 Å². The zero-order valence-corrected chi connectivity index (χ0v) is 13.4. The molecule has 1 aliphatic heterocycles. The number of aromatic nitrogens is 2. The van der Waals surface area contributed by atoms with E-state index < -0.39 is 17.6 Å². The number of imidazole rings is 1. The van der Waals surface area contributed by atoms with Crippen molar-refractivity contribution in [3.63, 3.8) is 0 Å². The number of nitroso groups, excluding NO2 is 1. The summed E-state index contributed by atoms with van der Waals surface area (Å²) in [6.07, 6.45) is 1.49. The number of ketones is 2. The van der Waals surface area contributed by atoms with E-state index in [0.29, 0.717) is 22.6 Å². The molecule has 1 aliphatic rings. The van der Waals surface area contributed by atoms with E-state index >= 15 is 0 Å². The first-order valence-corrected chi connectivity index (χ1v) is 7.86. The van der Waals surface area contributed by atoms with Gasteiger partial charge in [0.05, 0.1) is 0 Å². The largest absolute Gasteiger partial charge is 0.290 e. The standard InChI is InChI=1S/C19H14N3O3/c1-12-17-16(19(24)18(23)13-7-3-2-4-8-13)20-11-21(17)14-9-5-6-10-15(14)22(12)25/h2-12H,1H3/q+1. The number of benzene rings is 2. The zero-order chi connectivity index (χ0) is 17.6. The molecule has 0 radical (unpaired) electrons. The number of Topliss-reactive ketones (excluding diaryl/α,β-unsaturated/α-hetero) is 2. The van der Waals surface area contributed by atoms with Gasteiger partial charge in [0.25, 0.3) is 11.5 Å². The Bertz CT molecular complexity index is 1020. The van der Waals surface area contributed by atoms with Gasteiger partial charge in [-0.15, -0.1) is 0 Å². The highest BCUT2D eigenvalue weighted by Crippen LogP contribution is 2.37. The lowest BCUT2D eigenvalue weighted by Crippen LogP contribution is -2.24. The zero-order valence-electron chi connectivity index (χ0n) is 13.4. The van der Waals surface area contributed by atoms with Gasteiger partial charge in [-0.3, -0.25) is 14.2 Å². The Kier molecular flexibility index (Phi) is 3.39. The third-order valence-electron chi connectivity index (χ3n) is 4.39. The summed E-state index contributed by atoms with van der Waals surface area (Å²) >= 11 is 0. The van der Waals surface area contributed by atoms with E-state index in [4.69, 9.17) is 0 Å². The lowest BCUT2D eigenvalue weighted by Gasteiger charge is -2.17. The summed E-state index contributed by atoms with van der Waals surface area (Å²) in [6, 6.07) is 14.8. The Morgan fingerprint density at radius 2 is 1.68 bits per heavy atom. The first kappa shape index (κ1) is 15.1. The number of hydrogen-bond donors (Lipinski definition) is 0. The minimum Gasteiger partial charge on any atom is -0.290 e. The highest BCUT2D eigenvalue weighted by molar-refractivity contribution is 6.49. The Balaban J connectivity index is 1.83. The van der Waals surface area contributed by atoms with Gasteiger partial charge >= 0.3 is 0 Å². The van der Waals surface area contributed by atoms with Crippen molar-refractivity contribution in [2.45, 2.75) is 13.0 Å². The molecule has 0 aliphatic carbocycles. The maximum atomic E-state index is 12.7. The summed E-state index contributed by atoms with van der Waals surface area (Å²) in [5.41, 5.74) is 1.91. The van der Waals surface area contributed by atoms with Gasteiger partial charge in [0.1, 0.15) is 23.4 Å². The maximum Gasteiger partial charge on any atom is 0.280 e. The van der Waals surface area contributed by atoms with Crippen molar-refractivity contribution in [2.24, 2.45) is 0 Å². The minimum absolute atomic E-state index is 0.0247. The van der Waals surface area contributed by atoms with E-state index in [2.05, 4.69) is 4.98 Å². The topological polar surface area (TPSA) is 72.0 Å². The molecule has 2 heterocycles. The number of rotatable bonds is 3. The quantitative estimate of drug-likeness (QED) is 0.418. The number of fused-ring (bicyclic) bond motifs is 3. The maximum absolute atomic E-state index is 12.7. The molecule has 3 aromatic rings. The van der Waals surface area contributed by atoms with Gasteiger partial charge in [0.2, 0.25) is 11.8 Å². The van der Waals surface area contributed by atoms with Gasteiger partial charge in [-0.25, -0.2) is 4.98 Å². The second kappa shape index (κ2) is 5.59. The molecule has 25 heavy (non-hydrogen) atoms. The van der Waals surface area contributed by atoms with Crippen molar-refractivity contribution in [1.29, 1.82) is 0 Å². The van der Waals surface area contributed by atoms with Crippen molar-refractivity contribution >= 4 is 17.3 Å². The molecule has 0 fully saturated rings. The van der Waals surface area contributed by atoms with E-state index in [1.807, 2.05) is 6.07 Å². The summed E-state index contributed by atoms with van der Waals surface area (Å²) in [6.45, 7) is 1.69. The average molecular weight is 332 g/mol. The highest BCUT2D eigenvalue weighted by atomic mass is 16.3. The van der Waals surface area contributed by atoms with Crippen LogP contribution in [0.1, 0.15) is 39.5 Å². The first-order chi connectivity index (χ1) is 12.1. The fourth-order valence-electron chi connectivity index (χ4n) is 3.13. The van der Waals surface area contributed by atoms with Gasteiger partial charge < -0.3 is 0 Å². The number of carbonyl (C=O) groups is 2. The van der Waals surface area contributed by atoms with Crippen LogP contribution in [0, 0.1) is 4.91 Å². The van der Waals surface area contributed by atoms with Gasteiger partial charge in [-0.2, -0.15) is 0 Å². The van der Waals surface area contributed by atoms with Gasteiger partial charge in [0, 0.05) is 28.2 Å². The molecular weight excluding hydrogens is 318 g/mol. The Morgan fingerprint density at radius 3 is 2.44 bits per heavy atom. The van der Waals surface area contributed by atoms with Crippen LogP contribution < -0.4 is 0 Å². The van der Waals surface area contributed by atoms with E-state index in [1.165, 1.54) is 6.33 Å². The summed E-state index contributed by atoms with van der Waals surface area (Å²) in [5, 5.41) is 0. The molecule has 122 valence electrons. The third kappa shape index (κ3) is 2.22. The number of hydrogen-bond acceptors (Lipinski definition) is 4. The minimum atomic E-state index is -0.709. The van der Waals surface area contributed by atoms with E-state index in [-0.39, 0.29) is 5.69 Å². The predicted molar refractivity (Wildman–Crippen MR) is 90.4 cm³/mol. The number of para-hydroxylation sites is 2. The SMILES string of the molecule is CC1c2c(C(=O)C(=O)c3ccccc3)ncn2-c2ccccc2[N+]1=O. The molecule has 0 saturated carbocycles. The fraction of sp³-hybridized carbons (Fsp3) is 0.105. The van der Waals surface area contributed by atoms with Crippen LogP contribution in [0.3, 0.4) is 0 Å². The van der Waals surface area contributed by atoms with Gasteiger partial charge in [-0.05, 0) is 6.07 Å². The molecule has 0 bridgehead atoms. The van der Waals surface area contributed by atoms with E-state index in [1.54, 1.807) is 60.0 Å². The molecule has 6 nitrogen and oxygen atoms in total. The highest BCUT2D eigenvalue weighted by Gasteiger charge is 2.41. The van der Waals surface area contributed by atoms with Crippen molar-refractivity contribution in [3.05, 3.63) is 82.8 Å². The predicted octanol–water partition coefficient (Wildman–Crippen LogP) is 3.42. The number of nitrogens with zero attached hydrogens (tertiary/aromatic N) is 3. The summed E-state index contributed by atoms with van der Waals surface area (Å²) in [4.78, 5) is 41.9. The normalized spacial score (nSPS) is 15.4. The van der Waals surface area contributed by atoms with Crippen molar-refractivity contribution in [1.82, 2.24) is 9.55 Å². The van der Waals surface area contributed by atoms with Crippen molar-refractivity contribution in [2.75, 3.05) is 0 Å². The molecular formula is C19H14N3O3+. The third-order valence-corrected chi connectivity index (χ3v) is 4.39. The van der Waals surface area contributed by atoms with Crippen LogP contribution in [0.15, 0.2) is 60.9 Å². The van der Waals surface area contributed by atoms with E-state index in [9.17, 15) is 14.5 Å². The van der Waals surface area contributed by atoms with E-state index in [0.717, 1.165) is 4.76 Å². The van der Waals surface area contributed by atoms with Crippen LogP contribution in [0.4, 0.5) is 5.69 Å². The average Bonchev–Trinajstić information content (AvgIpc) is 3.11. The second-order valence-electron chi connectivity index (χ2n) is 5.86. The molecule has 0 N–H and O–H groups in total. The summed E-state index contributed by atoms with van der Waals surface area (Å²) < 4.78 is 2.55. The molecule has 2 aromatic carbocycles. The molecule has 4 rings (SSSR count). The molecule has 0 spiro atoms. The van der Waals surface area contributed by atoms with Gasteiger partial charge in [0.15, 0.2) is 0 Å². The molecule has 0 amide bonds. The van der Waals surface area contributed by atoms with Crippen LogP contribution in [0.2, 0.25) is 0 Å².